The van der Waals surface area contributed by atoms with E-state index in [1.807, 2.05) is 6.07 Å². The van der Waals surface area contributed by atoms with Gasteiger partial charge in [-0.05, 0) is 41.3 Å². The van der Waals surface area contributed by atoms with Gasteiger partial charge < -0.3 is 10.2 Å². The molecule has 0 radical (unpaired) electrons. The van der Waals surface area contributed by atoms with Crippen molar-refractivity contribution in [1.29, 1.82) is 0 Å². The third-order valence-corrected chi connectivity index (χ3v) is 3.53. The molecule has 0 saturated heterocycles. The van der Waals surface area contributed by atoms with E-state index < -0.39 is 17.3 Å². The van der Waals surface area contributed by atoms with Crippen molar-refractivity contribution < 1.29 is 14.0 Å². The van der Waals surface area contributed by atoms with Crippen LogP contribution in [0.25, 0.3) is 10.8 Å². The van der Waals surface area contributed by atoms with Crippen molar-refractivity contribution in [1.82, 2.24) is 15.0 Å². The van der Waals surface area contributed by atoms with Crippen LogP contribution in [0, 0.1) is 5.82 Å². The Hall–Kier alpha value is -3.22. The van der Waals surface area contributed by atoms with Gasteiger partial charge in [-0.25, -0.2) is 4.39 Å². The molecule has 0 aliphatic heterocycles. The van der Waals surface area contributed by atoms with Crippen LogP contribution in [0.4, 0.5) is 4.39 Å². The number of hydrogen-bond donors (Lipinski definition) is 1. The highest BCUT2D eigenvalue weighted by Gasteiger charge is 2.16. The van der Waals surface area contributed by atoms with Crippen LogP contribution in [0.1, 0.15) is 16.1 Å². The van der Waals surface area contributed by atoms with Crippen molar-refractivity contribution in [2.24, 2.45) is 0 Å². The molecule has 0 bridgehead atoms. The largest absolute Gasteiger partial charge is 0.413 e. The van der Waals surface area contributed by atoms with Gasteiger partial charge in [0.05, 0.1) is 5.39 Å². The summed E-state index contributed by atoms with van der Waals surface area (Å²) in [5.74, 6) is -0.997. The Labute approximate surface area is 136 Å². The fourth-order valence-electron chi connectivity index (χ4n) is 2.39. The molecule has 122 valence electrons. The van der Waals surface area contributed by atoms with Crippen LogP contribution in [-0.4, -0.2) is 22.7 Å². The van der Waals surface area contributed by atoms with Crippen LogP contribution < -0.4 is 15.7 Å². The number of benzene rings is 1. The number of carbonyl (C=O) groups is 1. The third-order valence-electron chi connectivity index (χ3n) is 3.53. The topological polar surface area (TPSA) is 73.2 Å². The van der Waals surface area contributed by atoms with Crippen LogP contribution in [0.2, 0.25) is 0 Å². The number of nitrogens with one attached hydrogen (secondary N) is 1. The van der Waals surface area contributed by atoms with Crippen molar-refractivity contribution in [3.8, 4) is 0 Å². The summed E-state index contributed by atoms with van der Waals surface area (Å²) in [5.41, 5.74) is 0.273. The molecule has 1 N–H and O–H groups in total. The molecule has 24 heavy (non-hydrogen) atoms. The van der Waals surface area contributed by atoms with Crippen LogP contribution >= 0.6 is 0 Å². The molecule has 0 fully saturated rings. The maximum atomic E-state index is 13.4. The first-order chi connectivity index (χ1) is 11.6. The second kappa shape index (κ2) is 6.49. The van der Waals surface area contributed by atoms with Crippen LogP contribution in [0.5, 0.6) is 0 Å². The lowest BCUT2D eigenvalue weighted by Gasteiger charge is -2.12. The number of amides is 1. The number of halogens is 1. The number of nitrogens with zero attached hydrogens (tertiary/aromatic N) is 2. The van der Waals surface area contributed by atoms with E-state index in [1.165, 1.54) is 31.4 Å². The second-order valence-electron chi connectivity index (χ2n) is 5.09. The number of carbonyl (C=O) groups excluding carboxylic acids is 1. The normalized spacial score (nSPS) is 10.6. The molecule has 0 aliphatic rings. The summed E-state index contributed by atoms with van der Waals surface area (Å²) in [5, 5.41) is 3.28. The summed E-state index contributed by atoms with van der Waals surface area (Å²) >= 11 is 0. The lowest BCUT2D eigenvalue weighted by Crippen LogP contribution is -2.34. The average molecular weight is 327 g/mol. The Balaban J connectivity index is 1.98. The Morgan fingerprint density at radius 2 is 2.17 bits per heavy atom. The maximum Gasteiger partial charge on any atom is 0.291 e. The molecule has 3 rings (SSSR count). The van der Waals surface area contributed by atoms with E-state index >= 15 is 0 Å². The Morgan fingerprint density at radius 1 is 1.33 bits per heavy atom. The summed E-state index contributed by atoms with van der Waals surface area (Å²) in [6.07, 6.45) is 3.26. The van der Waals surface area contributed by atoms with Gasteiger partial charge in [-0.3, -0.25) is 14.6 Å². The minimum Gasteiger partial charge on any atom is -0.413 e. The highest BCUT2D eigenvalue weighted by Crippen LogP contribution is 2.14. The van der Waals surface area contributed by atoms with Crippen LogP contribution in [0.3, 0.4) is 0 Å². The summed E-state index contributed by atoms with van der Waals surface area (Å²) < 4.78 is 14.3. The first-order valence-corrected chi connectivity index (χ1v) is 7.17. The standard InChI is InChI=1S/C17H14FN3O3/c1-24-21-15(16(22)20-10-11-3-2-6-19-9-11)8-12-7-13(18)4-5-14(12)17(21)23/h2-9H,10H2,1H3,(H,20,22). The number of pyridine rings is 2. The van der Waals surface area contributed by atoms with Gasteiger partial charge in [-0.1, -0.05) is 6.07 Å². The first-order valence-electron chi connectivity index (χ1n) is 7.17. The SMILES string of the molecule is COn1c(C(=O)NCc2cccnc2)cc2cc(F)ccc2c1=O. The molecule has 0 atom stereocenters. The van der Waals surface area contributed by atoms with Gasteiger partial charge in [-0.15, -0.1) is 4.73 Å². The van der Waals surface area contributed by atoms with E-state index in [9.17, 15) is 14.0 Å². The molecular weight excluding hydrogens is 313 g/mol. The smallest absolute Gasteiger partial charge is 0.291 e. The quantitative estimate of drug-likeness (QED) is 0.789. The molecule has 3 aromatic rings. The van der Waals surface area contributed by atoms with Gasteiger partial charge in [0, 0.05) is 18.9 Å². The number of rotatable bonds is 4. The molecule has 0 unspecified atom stereocenters. The van der Waals surface area contributed by atoms with Crippen LogP contribution in [0.15, 0.2) is 53.6 Å². The molecule has 0 aliphatic carbocycles. The monoisotopic (exact) mass is 327 g/mol. The number of aromatic nitrogens is 2. The van der Waals surface area contributed by atoms with Crippen molar-refractivity contribution in [3.05, 3.63) is 76.2 Å². The van der Waals surface area contributed by atoms with E-state index in [-0.39, 0.29) is 17.6 Å². The molecule has 2 aromatic heterocycles. The number of fused-ring (bicyclic) bond motifs is 1. The van der Waals surface area contributed by atoms with Crippen molar-refractivity contribution >= 4 is 16.7 Å². The zero-order valence-corrected chi connectivity index (χ0v) is 12.8. The van der Waals surface area contributed by atoms with Gasteiger partial charge in [0.15, 0.2) is 0 Å². The molecule has 0 saturated carbocycles. The summed E-state index contributed by atoms with van der Waals surface area (Å²) in [4.78, 5) is 33.8. The van der Waals surface area contributed by atoms with Gasteiger partial charge in [0.25, 0.3) is 11.5 Å². The van der Waals surface area contributed by atoms with E-state index in [2.05, 4.69) is 10.3 Å². The summed E-state index contributed by atoms with van der Waals surface area (Å²) in [6, 6.07) is 8.74. The maximum absolute atomic E-state index is 13.4. The minimum atomic E-state index is -0.526. The molecule has 0 spiro atoms. The fourth-order valence-corrected chi connectivity index (χ4v) is 2.39. The van der Waals surface area contributed by atoms with Crippen molar-refractivity contribution in [2.75, 3.05) is 7.11 Å². The van der Waals surface area contributed by atoms with E-state index in [4.69, 9.17) is 4.84 Å². The number of hydrogen-bond acceptors (Lipinski definition) is 4. The average Bonchev–Trinajstić information content (AvgIpc) is 2.60. The zero-order chi connectivity index (χ0) is 17.1. The highest BCUT2D eigenvalue weighted by molar-refractivity contribution is 5.96. The third kappa shape index (κ3) is 2.96. The summed E-state index contributed by atoms with van der Waals surface area (Å²) in [7, 11) is 1.29. The first kappa shape index (κ1) is 15.7. The predicted molar refractivity (Wildman–Crippen MR) is 86.1 cm³/mol. The Kier molecular flexibility index (Phi) is 4.24. The van der Waals surface area contributed by atoms with E-state index in [0.717, 1.165) is 10.3 Å². The highest BCUT2D eigenvalue weighted by atomic mass is 19.1. The van der Waals surface area contributed by atoms with Crippen LogP contribution in [-0.2, 0) is 6.54 Å². The molecular formula is C17H14FN3O3. The fraction of sp³-hybridized carbons (Fsp3) is 0.118. The lowest BCUT2D eigenvalue weighted by atomic mass is 10.1. The Morgan fingerprint density at radius 3 is 2.88 bits per heavy atom. The lowest BCUT2D eigenvalue weighted by molar-refractivity contribution is 0.0882. The minimum absolute atomic E-state index is 0.00973. The molecule has 6 nitrogen and oxygen atoms in total. The molecule has 2 heterocycles. The van der Waals surface area contributed by atoms with Gasteiger partial charge in [-0.2, -0.15) is 0 Å². The van der Waals surface area contributed by atoms with Gasteiger partial charge in [0.1, 0.15) is 18.6 Å². The molecule has 1 amide bonds. The van der Waals surface area contributed by atoms with Gasteiger partial charge >= 0.3 is 0 Å². The van der Waals surface area contributed by atoms with E-state index in [0.29, 0.717) is 5.39 Å². The van der Waals surface area contributed by atoms with Gasteiger partial charge in [0.2, 0.25) is 0 Å². The zero-order valence-electron chi connectivity index (χ0n) is 12.8. The predicted octanol–water partition coefficient (Wildman–Crippen LogP) is 1.52. The Bertz CT molecular complexity index is 954. The van der Waals surface area contributed by atoms with E-state index in [1.54, 1.807) is 18.5 Å². The van der Waals surface area contributed by atoms with Crippen molar-refractivity contribution in [3.63, 3.8) is 0 Å². The van der Waals surface area contributed by atoms with Crippen molar-refractivity contribution in [2.45, 2.75) is 6.54 Å². The molecule has 1 aromatic carbocycles. The molecule has 7 heteroatoms. The summed E-state index contributed by atoms with van der Waals surface area (Å²) in [6.45, 7) is 0.242. The second-order valence-corrected chi connectivity index (χ2v) is 5.09.